The second-order valence-electron chi connectivity index (χ2n) is 4.57. The molecule has 102 valence electrons. The fourth-order valence-corrected chi connectivity index (χ4v) is 3.09. The Morgan fingerprint density at radius 2 is 2.26 bits per heavy atom. The summed E-state index contributed by atoms with van der Waals surface area (Å²) in [5.41, 5.74) is 1.26. The molecule has 4 heteroatoms. The van der Waals surface area contributed by atoms with E-state index in [1.54, 1.807) is 11.3 Å². The van der Waals surface area contributed by atoms with E-state index in [0.29, 0.717) is 6.04 Å². The van der Waals surface area contributed by atoms with Crippen LogP contribution in [0.2, 0.25) is 4.34 Å². The number of hydrogen-bond donors (Lipinski definition) is 1. The molecular formula is C15H19ClN2S. The molecule has 19 heavy (non-hydrogen) atoms. The number of aromatic nitrogens is 1. The molecule has 2 aromatic rings. The van der Waals surface area contributed by atoms with Gasteiger partial charge in [0.05, 0.1) is 4.34 Å². The van der Waals surface area contributed by atoms with Gasteiger partial charge in [-0.15, -0.1) is 11.3 Å². The molecule has 0 aliphatic heterocycles. The predicted octanol–water partition coefficient (Wildman–Crippen LogP) is 4.82. The highest BCUT2D eigenvalue weighted by Gasteiger charge is 2.11. The average molecular weight is 295 g/mol. The lowest BCUT2D eigenvalue weighted by molar-refractivity contribution is 0.481. The van der Waals surface area contributed by atoms with Gasteiger partial charge in [0.1, 0.15) is 0 Å². The molecule has 1 N–H and O–H groups in total. The largest absolute Gasteiger partial charge is 0.305 e. The quantitative estimate of drug-likeness (QED) is 0.792. The monoisotopic (exact) mass is 294 g/mol. The molecule has 0 aliphatic carbocycles. The smallest absolute Gasteiger partial charge is 0.0931 e. The Morgan fingerprint density at radius 1 is 1.37 bits per heavy atom. The highest BCUT2D eigenvalue weighted by Crippen LogP contribution is 2.23. The van der Waals surface area contributed by atoms with Crippen LogP contribution in [0.1, 0.15) is 42.7 Å². The standard InChI is InChI=1S/C15H19ClN2S/c1-2-3-6-14(12-5-4-9-17-10-12)18-11-13-7-8-15(16)19-13/h4-5,7-10,14,18H,2-3,6,11H2,1H3. The summed E-state index contributed by atoms with van der Waals surface area (Å²) >= 11 is 7.59. The van der Waals surface area contributed by atoms with Crippen molar-refractivity contribution in [3.05, 3.63) is 51.4 Å². The zero-order valence-corrected chi connectivity index (χ0v) is 12.7. The van der Waals surface area contributed by atoms with Crippen molar-refractivity contribution >= 4 is 22.9 Å². The molecule has 1 unspecified atom stereocenters. The van der Waals surface area contributed by atoms with Crippen molar-refractivity contribution in [3.8, 4) is 0 Å². The van der Waals surface area contributed by atoms with Gasteiger partial charge in [-0.1, -0.05) is 37.4 Å². The van der Waals surface area contributed by atoms with Gasteiger partial charge in [0.2, 0.25) is 0 Å². The number of rotatable bonds is 7. The first-order valence-electron chi connectivity index (χ1n) is 6.67. The molecule has 2 aromatic heterocycles. The summed E-state index contributed by atoms with van der Waals surface area (Å²) < 4.78 is 0.850. The number of pyridine rings is 1. The van der Waals surface area contributed by atoms with Crippen molar-refractivity contribution in [1.29, 1.82) is 0 Å². The second kappa shape index (κ2) is 7.63. The highest BCUT2D eigenvalue weighted by molar-refractivity contribution is 7.16. The van der Waals surface area contributed by atoms with Crippen molar-refractivity contribution in [2.75, 3.05) is 0 Å². The molecular weight excluding hydrogens is 276 g/mol. The molecule has 2 nitrogen and oxygen atoms in total. The summed E-state index contributed by atoms with van der Waals surface area (Å²) in [4.78, 5) is 5.49. The Hall–Kier alpha value is -0.900. The second-order valence-corrected chi connectivity index (χ2v) is 6.37. The van der Waals surface area contributed by atoms with Crippen LogP contribution >= 0.6 is 22.9 Å². The Balaban J connectivity index is 1.97. The SMILES string of the molecule is CCCCC(NCc1ccc(Cl)s1)c1cccnc1. The molecule has 0 aliphatic rings. The third-order valence-electron chi connectivity index (χ3n) is 3.08. The third kappa shape index (κ3) is 4.60. The van der Waals surface area contributed by atoms with Gasteiger partial charge in [-0.2, -0.15) is 0 Å². The first-order valence-corrected chi connectivity index (χ1v) is 7.86. The first-order chi connectivity index (χ1) is 9.29. The predicted molar refractivity (Wildman–Crippen MR) is 82.7 cm³/mol. The lowest BCUT2D eigenvalue weighted by Gasteiger charge is -2.18. The molecule has 2 heterocycles. The average Bonchev–Trinajstić information content (AvgIpc) is 2.86. The molecule has 0 amide bonds. The molecule has 0 radical (unpaired) electrons. The summed E-state index contributed by atoms with van der Waals surface area (Å²) in [6, 6.07) is 8.54. The van der Waals surface area contributed by atoms with Gasteiger partial charge < -0.3 is 5.32 Å². The van der Waals surface area contributed by atoms with E-state index in [0.717, 1.165) is 17.3 Å². The van der Waals surface area contributed by atoms with Crippen LogP contribution in [0.4, 0.5) is 0 Å². The van der Waals surface area contributed by atoms with E-state index in [4.69, 9.17) is 11.6 Å². The van der Waals surface area contributed by atoms with E-state index in [2.05, 4.69) is 29.4 Å². The van der Waals surface area contributed by atoms with E-state index in [1.165, 1.54) is 23.3 Å². The number of nitrogens with one attached hydrogen (secondary N) is 1. The normalized spacial score (nSPS) is 12.5. The van der Waals surface area contributed by atoms with E-state index in [9.17, 15) is 0 Å². The Morgan fingerprint density at radius 3 is 2.89 bits per heavy atom. The summed E-state index contributed by atoms with van der Waals surface area (Å²) in [5, 5.41) is 3.61. The van der Waals surface area contributed by atoms with Crippen molar-refractivity contribution in [3.63, 3.8) is 0 Å². The molecule has 0 aromatic carbocycles. The molecule has 0 saturated heterocycles. The van der Waals surface area contributed by atoms with Crippen molar-refractivity contribution in [2.45, 2.75) is 38.8 Å². The number of halogens is 1. The van der Waals surface area contributed by atoms with Gasteiger partial charge >= 0.3 is 0 Å². The molecule has 0 fully saturated rings. The highest BCUT2D eigenvalue weighted by atomic mass is 35.5. The summed E-state index contributed by atoms with van der Waals surface area (Å²) in [5.74, 6) is 0. The van der Waals surface area contributed by atoms with Gasteiger partial charge in [-0.3, -0.25) is 4.98 Å². The van der Waals surface area contributed by atoms with Gasteiger partial charge in [-0.05, 0) is 30.2 Å². The fourth-order valence-electron chi connectivity index (χ4n) is 2.05. The van der Waals surface area contributed by atoms with Gasteiger partial charge in [-0.25, -0.2) is 0 Å². The summed E-state index contributed by atoms with van der Waals surface area (Å²) in [6.07, 6.45) is 7.34. The number of thiophene rings is 1. The number of unbranched alkanes of at least 4 members (excludes halogenated alkanes) is 1. The number of nitrogens with zero attached hydrogens (tertiary/aromatic N) is 1. The summed E-state index contributed by atoms with van der Waals surface area (Å²) in [7, 11) is 0. The zero-order valence-electron chi connectivity index (χ0n) is 11.1. The van der Waals surface area contributed by atoms with E-state index >= 15 is 0 Å². The Labute approximate surface area is 123 Å². The minimum absolute atomic E-state index is 0.370. The topological polar surface area (TPSA) is 24.9 Å². The van der Waals surface area contributed by atoms with Crippen LogP contribution < -0.4 is 5.32 Å². The first kappa shape index (κ1) is 14.5. The van der Waals surface area contributed by atoms with Gasteiger partial charge in [0.15, 0.2) is 0 Å². The number of hydrogen-bond acceptors (Lipinski definition) is 3. The van der Waals surface area contributed by atoms with Crippen LogP contribution in [0.5, 0.6) is 0 Å². The van der Waals surface area contributed by atoms with Crippen LogP contribution in [0.3, 0.4) is 0 Å². The maximum absolute atomic E-state index is 5.96. The van der Waals surface area contributed by atoms with Gasteiger partial charge in [0, 0.05) is 29.9 Å². The minimum Gasteiger partial charge on any atom is -0.305 e. The molecule has 0 saturated carbocycles. The molecule has 2 rings (SSSR count). The van der Waals surface area contributed by atoms with Crippen LogP contribution in [0.15, 0.2) is 36.7 Å². The molecule has 0 bridgehead atoms. The maximum atomic E-state index is 5.96. The van der Waals surface area contributed by atoms with E-state index in [1.807, 2.05) is 24.5 Å². The van der Waals surface area contributed by atoms with Crippen LogP contribution in [0.25, 0.3) is 0 Å². The van der Waals surface area contributed by atoms with Crippen molar-refractivity contribution < 1.29 is 0 Å². The van der Waals surface area contributed by atoms with E-state index in [-0.39, 0.29) is 0 Å². The maximum Gasteiger partial charge on any atom is 0.0931 e. The van der Waals surface area contributed by atoms with Crippen LogP contribution in [0, 0.1) is 0 Å². The van der Waals surface area contributed by atoms with Crippen molar-refractivity contribution in [1.82, 2.24) is 10.3 Å². The van der Waals surface area contributed by atoms with Gasteiger partial charge in [0.25, 0.3) is 0 Å². The van der Waals surface area contributed by atoms with Crippen LogP contribution in [-0.2, 0) is 6.54 Å². The van der Waals surface area contributed by atoms with Crippen molar-refractivity contribution in [2.24, 2.45) is 0 Å². The summed E-state index contributed by atoms with van der Waals surface area (Å²) in [6.45, 7) is 3.08. The van der Waals surface area contributed by atoms with E-state index < -0.39 is 0 Å². The zero-order chi connectivity index (χ0) is 13.5. The lowest BCUT2D eigenvalue weighted by Crippen LogP contribution is -2.20. The lowest BCUT2D eigenvalue weighted by atomic mass is 10.0. The molecule has 1 atom stereocenters. The third-order valence-corrected chi connectivity index (χ3v) is 4.32. The molecule has 0 spiro atoms. The minimum atomic E-state index is 0.370. The Bertz CT molecular complexity index is 484. The fraction of sp³-hybridized carbons (Fsp3) is 0.400. The van der Waals surface area contributed by atoms with Crippen LogP contribution in [-0.4, -0.2) is 4.98 Å². The Kier molecular flexibility index (Phi) is 5.83.